The smallest absolute Gasteiger partial charge is 0.173 e. The van der Waals surface area contributed by atoms with Crippen LogP contribution in [0.3, 0.4) is 0 Å². The predicted octanol–water partition coefficient (Wildman–Crippen LogP) is 2.59. The van der Waals surface area contributed by atoms with Gasteiger partial charge in [-0.05, 0) is 31.5 Å². The van der Waals surface area contributed by atoms with Crippen molar-refractivity contribution in [3.63, 3.8) is 0 Å². The summed E-state index contributed by atoms with van der Waals surface area (Å²) in [7, 11) is 1.54. The van der Waals surface area contributed by atoms with Crippen molar-refractivity contribution in [2.24, 2.45) is 11.8 Å². The van der Waals surface area contributed by atoms with Crippen LogP contribution in [0.2, 0.25) is 0 Å². The van der Waals surface area contributed by atoms with Gasteiger partial charge in [0.05, 0.1) is 19.8 Å². The van der Waals surface area contributed by atoms with Gasteiger partial charge in [0.1, 0.15) is 0 Å². The van der Waals surface area contributed by atoms with Gasteiger partial charge in [0.15, 0.2) is 23.1 Å². The third-order valence-electron chi connectivity index (χ3n) is 5.06. The summed E-state index contributed by atoms with van der Waals surface area (Å²) in [5.41, 5.74) is 0.987. The summed E-state index contributed by atoms with van der Waals surface area (Å²) in [4.78, 5) is 0. The van der Waals surface area contributed by atoms with Crippen molar-refractivity contribution >= 4 is 0 Å². The number of hydrogen-bond donors (Lipinski definition) is 1. The van der Waals surface area contributed by atoms with Crippen LogP contribution in [0.4, 0.5) is 0 Å². The van der Waals surface area contributed by atoms with Gasteiger partial charge in [-0.2, -0.15) is 0 Å². The molecule has 0 spiro atoms. The molecule has 0 aromatic heterocycles. The summed E-state index contributed by atoms with van der Waals surface area (Å²) in [6.45, 7) is 4.61. The Hall–Kier alpha value is -1.30. The molecule has 3 fully saturated rings. The van der Waals surface area contributed by atoms with Gasteiger partial charge in [-0.15, -0.1) is 0 Å². The third kappa shape index (κ3) is 1.81. The van der Waals surface area contributed by atoms with E-state index in [0.29, 0.717) is 18.3 Å². The zero-order valence-corrected chi connectivity index (χ0v) is 12.5. The van der Waals surface area contributed by atoms with Crippen molar-refractivity contribution in [1.29, 1.82) is 0 Å². The number of hydrogen-bond acceptors (Lipinski definition) is 5. The first-order valence-corrected chi connectivity index (χ1v) is 7.33. The van der Waals surface area contributed by atoms with Gasteiger partial charge < -0.3 is 24.1 Å². The number of ether oxygens (including phenoxy) is 4. The van der Waals surface area contributed by atoms with Crippen LogP contribution in [0.15, 0.2) is 18.2 Å². The molecule has 0 saturated carbocycles. The monoisotopic (exact) mass is 292 g/mol. The molecule has 0 radical (unpaired) electrons. The Morgan fingerprint density at radius 3 is 2.90 bits per heavy atom. The van der Waals surface area contributed by atoms with Crippen molar-refractivity contribution in [3.8, 4) is 11.5 Å². The molecule has 0 amide bonds. The Bertz CT molecular complexity index is 588. The molecule has 1 N–H and O–H groups in total. The maximum Gasteiger partial charge on any atom is 0.173 e. The van der Waals surface area contributed by atoms with E-state index in [-0.39, 0.29) is 17.8 Å². The van der Waals surface area contributed by atoms with Crippen molar-refractivity contribution < 1.29 is 24.1 Å². The highest BCUT2D eigenvalue weighted by Crippen LogP contribution is 2.60. The molecule has 114 valence electrons. The minimum Gasteiger partial charge on any atom is -0.504 e. The standard InChI is InChI=1S/C16H20O5/c1-15-7-11-10(8-19-15)14(20-16(11,2)21-15)9-4-5-12(17)13(6-9)18-3/h4-6,10-11,14,17H,7-8H2,1-3H3/t10-,11-,14-,15-,16-/m1/s1. The van der Waals surface area contributed by atoms with Gasteiger partial charge >= 0.3 is 0 Å². The van der Waals surface area contributed by atoms with Crippen LogP contribution in [0.5, 0.6) is 11.5 Å². The predicted molar refractivity (Wildman–Crippen MR) is 73.9 cm³/mol. The fourth-order valence-corrected chi connectivity index (χ4v) is 4.08. The fourth-order valence-electron chi connectivity index (χ4n) is 4.08. The molecule has 2 bridgehead atoms. The van der Waals surface area contributed by atoms with Crippen LogP contribution in [0, 0.1) is 11.8 Å². The molecule has 5 nitrogen and oxygen atoms in total. The molecule has 3 heterocycles. The zero-order valence-electron chi connectivity index (χ0n) is 12.5. The number of rotatable bonds is 2. The number of phenols is 1. The summed E-state index contributed by atoms with van der Waals surface area (Å²) < 4.78 is 23.4. The molecular formula is C16H20O5. The van der Waals surface area contributed by atoms with Crippen LogP contribution < -0.4 is 4.74 Å². The Balaban J connectivity index is 1.69. The van der Waals surface area contributed by atoms with E-state index in [1.165, 1.54) is 0 Å². The van der Waals surface area contributed by atoms with Crippen molar-refractivity contribution in [3.05, 3.63) is 23.8 Å². The lowest BCUT2D eigenvalue weighted by Gasteiger charge is -2.35. The average molecular weight is 292 g/mol. The molecule has 21 heavy (non-hydrogen) atoms. The first kappa shape index (κ1) is 13.4. The van der Waals surface area contributed by atoms with Crippen LogP contribution >= 0.6 is 0 Å². The van der Waals surface area contributed by atoms with E-state index >= 15 is 0 Å². The number of phenolic OH excluding ortho intramolecular Hbond substituents is 1. The summed E-state index contributed by atoms with van der Waals surface area (Å²) in [6, 6.07) is 5.35. The van der Waals surface area contributed by atoms with E-state index in [1.54, 1.807) is 13.2 Å². The molecule has 3 aliphatic heterocycles. The quantitative estimate of drug-likeness (QED) is 0.908. The highest BCUT2D eigenvalue weighted by atomic mass is 16.8. The topological polar surface area (TPSA) is 57.2 Å². The minimum absolute atomic E-state index is 0.0978. The van der Waals surface area contributed by atoms with E-state index in [2.05, 4.69) is 0 Å². The maximum atomic E-state index is 9.74. The molecule has 0 aliphatic carbocycles. The fraction of sp³-hybridized carbons (Fsp3) is 0.625. The molecule has 4 rings (SSSR count). The van der Waals surface area contributed by atoms with Gasteiger partial charge in [0.25, 0.3) is 0 Å². The Morgan fingerprint density at radius 1 is 1.33 bits per heavy atom. The van der Waals surface area contributed by atoms with Crippen LogP contribution in [0.1, 0.15) is 31.9 Å². The number of benzene rings is 1. The Kier molecular flexibility index (Phi) is 2.62. The van der Waals surface area contributed by atoms with Crippen LogP contribution in [-0.2, 0) is 14.2 Å². The Labute approximate surface area is 123 Å². The van der Waals surface area contributed by atoms with E-state index in [1.807, 2.05) is 26.0 Å². The summed E-state index contributed by atoms with van der Waals surface area (Å²) >= 11 is 0. The van der Waals surface area contributed by atoms with Gasteiger partial charge in [0, 0.05) is 18.3 Å². The SMILES string of the molecule is COc1cc([C@H]2O[C@]3(C)O[C@]4(C)C[C@@H]3[C@H]2CO4)ccc1O. The third-order valence-corrected chi connectivity index (χ3v) is 5.06. The van der Waals surface area contributed by atoms with Crippen LogP contribution in [0.25, 0.3) is 0 Å². The summed E-state index contributed by atoms with van der Waals surface area (Å²) in [6.07, 6.45) is 0.763. The molecular weight excluding hydrogens is 272 g/mol. The largest absolute Gasteiger partial charge is 0.504 e. The molecule has 3 saturated heterocycles. The van der Waals surface area contributed by atoms with Crippen molar-refractivity contribution in [2.45, 2.75) is 37.9 Å². The molecule has 1 aromatic rings. The van der Waals surface area contributed by atoms with Crippen molar-refractivity contribution in [1.82, 2.24) is 0 Å². The van der Waals surface area contributed by atoms with E-state index < -0.39 is 11.6 Å². The van der Waals surface area contributed by atoms with Gasteiger partial charge in [0.2, 0.25) is 0 Å². The zero-order chi connectivity index (χ0) is 14.8. The normalized spacial score (nSPS) is 44.0. The molecule has 3 aliphatic rings. The van der Waals surface area contributed by atoms with Gasteiger partial charge in [-0.3, -0.25) is 0 Å². The lowest BCUT2D eigenvalue weighted by Crippen LogP contribution is -2.38. The van der Waals surface area contributed by atoms with E-state index in [9.17, 15) is 5.11 Å². The lowest BCUT2D eigenvalue weighted by molar-refractivity contribution is -0.320. The highest BCUT2D eigenvalue weighted by Gasteiger charge is 2.65. The number of methoxy groups -OCH3 is 1. The second-order valence-electron chi connectivity index (χ2n) is 6.51. The van der Waals surface area contributed by atoms with E-state index in [4.69, 9.17) is 18.9 Å². The van der Waals surface area contributed by atoms with E-state index in [0.717, 1.165) is 12.0 Å². The first-order chi connectivity index (χ1) is 9.94. The first-order valence-electron chi connectivity index (χ1n) is 7.33. The molecule has 1 aromatic carbocycles. The lowest BCUT2D eigenvalue weighted by atomic mass is 9.80. The number of aromatic hydroxyl groups is 1. The molecule has 0 unspecified atom stereocenters. The summed E-state index contributed by atoms with van der Waals surface area (Å²) in [5.74, 6) is 0.0928. The van der Waals surface area contributed by atoms with Gasteiger partial charge in [-0.1, -0.05) is 6.07 Å². The number of fused-ring (bicyclic) bond motifs is 1. The van der Waals surface area contributed by atoms with Gasteiger partial charge in [-0.25, -0.2) is 0 Å². The minimum atomic E-state index is -0.592. The second kappa shape index (κ2) is 4.12. The highest BCUT2D eigenvalue weighted by molar-refractivity contribution is 5.43. The van der Waals surface area contributed by atoms with Crippen molar-refractivity contribution in [2.75, 3.05) is 13.7 Å². The molecule has 5 atom stereocenters. The Morgan fingerprint density at radius 2 is 2.14 bits per heavy atom. The summed E-state index contributed by atoms with van der Waals surface area (Å²) in [5, 5.41) is 9.74. The second-order valence-corrected chi connectivity index (χ2v) is 6.51. The van der Waals surface area contributed by atoms with Crippen LogP contribution in [-0.4, -0.2) is 30.4 Å². The average Bonchev–Trinajstić information content (AvgIpc) is 2.81. The maximum absolute atomic E-state index is 9.74. The molecule has 5 heteroatoms.